The predicted molar refractivity (Wildman–Crippen MR) is 79.0 cm³/mol. The van der Waals surface area contributed by atoms with Gasteiger partial charge in [-0.1, -0.05) is 13.8 Å². The summed E-state index contributed by atoms with van der Waals surface area (Å²) in [4.78, 5) is 20.8. The van der Waals surface area contributed by atoms with Crippen LogP contribution in [0.3, 0.4) is 0 Å². The molecular weight excluding hydrogens is 282 g/mol. The molecular formula is C14H17N7O. The number of hydrogen-bond acceptors (Lipinski definition) is 5. The molecule has 0 aliphatic carbocycles. The van der Waals surface area contributed by atoms with E-state index in [1.54, 1.807) is 40.8 Å². The van der Waals surface area contributed by atoms with Crippen LogP contribution in [0.2, 0.25) is 0 Å². The molecule has 8 nitrogen and oxygen atoms in total. The standard InChI is InChI=1S/C14H17N7O/c1-9(2)12(13-16-8-17-20(13)3)18-14(22)10-7-11-15-5-4-6-21(11)19-10/h4-9,12H,1-3H3,(H,18,22)/t12-/m0/s1. The van der Waals surface area contributed by atoms with Crippen LogP contribution in [0.15, 0.2) is 30.9 Å². The average Bonchev–Trinajstić information content (AvgIpc) is 3.10. The van der Waals surface area contributed by atoms with Crippen molar-refractivity contribution < 1.29 is 4.79 Å². The molecule has 0 aromatic carbocycles. The van der Waals surface area contributed by atoms with Gasteiger partial charge < -0.3 is 5.32 Å². The molecule has 8 heteroatoms. The van der Waals surface area contributed by atoms with Gasteiger partial charge in [-0.3, -0.25) is 9.48 Å². The molecule has 0 saturated carbocycles. The lowest BCUT2D eigenvalue weighted by Gasteiger charge is -2.20. The van der Waals surface area contributed by atoms with E-state index in [0.717, 1.165) is 0 Å². The Morgan fingerprint density at radius 1 is 1.32 bits per heavy atom. The van der Waals surface area contributed by atoms with Crippen LogP contribution >= 0.6 is 0 Å². The normalized spacial score (nSPS) is 12.7. The Bertz CT molecular complexity index is 771. The van der Waals surface area contributed by atoms with Gasteiger partial charge in [0.25, 0.3) is 5.91 Å². The van der Waals surface area contributed by atoms with E-state index in [9.17, 15) is 4.79 Å². The average molecular weight is 299 g/mol. The topological polar surface area (TPSA) is 90.0 Å². The molecule has 3 rings (SSSR count). The summed E-state index contributed by atoms with van der Waals surface area (Å²) < 4.78 is 3.23. The lowest BCUT2D eigenvalue weighted by molar-refractivity contribution is 0.0916. The van der Waals surface area contributed by atoms with Crippen molar-refractivity contribution in [3.05, 3.63) is 42.4 Å². The first-order valence-corrected chi connectivity index (χ1v) is 7.01. The van der Waals surface area contributed by atoms with Gasteiger partial charge in [0.1, 0.15) is 12.2 Å². The van der Waals surface area contributed by atoms with Crippen LogP contribution in [-0.2, 0) is 7.05 Å². The molecule has 0 aliphatic rings. The second-order valence-electron chi connectivity index (χ2n) is 5.39. The first-order valence-electron chi connectivity index (χ1n) is 7.01. The zero-order valence-corrected chi connectivity index (χ0v) is 12.6. The van der Waals surface area contributed by atoms with Crippen molar-refractivity contribution in [2.45, 2.75) is 19.9 Å². The summed E-state index contributed by atoms with van der Waals surface area (Å²) in [5.74, 6) is 0.624. The number of fused-ring (bicyclic) bond motifs is 1. The fourth-order valence-electron chi connectivity index (χ4n) is 2.27. The maximum absolute atomic E-state index is 12.5. The Balaban J connectivity index is 1.86. The minimum absolute atomic E-state index is 0.169. The van der Waals surface area contributed by atoms with Gasteiger partial charge in [-0.15, -0.1) is 0 Å². The molecule has 3 aromatic rings. The molecule has 0 spiro atoms. The van der Waals surface area contributed by atoms with E-state index in [4.69, 9.17) is 0 Å². The van der Waals surface area contributed by atoms with Gasteiger partial charge in [0.15, 0.2) is 11.3 Å². The van der Waals surface area contributed by atoms with Gasteiger partial charge in [-0.05, 0) is 12.0 Å². The molecule has 1 N–H and O–H groups in total. The first kappa shape index (κ1) is 14.2. The number of aromatic nitrogens is 6. The van der Waals surface area contributed by atoms with Gasteiger partial charge >= 0.3 is 0 Å². The molecule has 0 fully saturated rings. The van der Waals surface area contributed by atoms with E-state index in [2.05, 4.69) is 25.5 Å². The van der Waals surface area contributed by atoms with Crippen molar-refractivity contribution in [2.75, 3.05) is 0 Å². The number of nitrogens with zero attached hydrogens (tertiary/aromatic N) is 6. The van der Waals surface area contributed by atoms with Crippen LogP contribution in [-0.4, -0.2) is 35.3 Å². The SMILES string of the molecule is CC(C)[C@H](NC(=O)c1cc2ncccn2n1)c1ncnn1C. The monoisotopic (exact) mass is 299 g/mol. The summed E-state index contributed by atoms with van der Waals surface area (Å²) in [6.07, 6.45) is 4.89. The minimum atomic E-state index is -0.257. The van der Waals surface area contributed by atoms with Gasteiger partial charge in [0.2, 0.25) is 0 Å². The fraction of sp³-hybridized carbons (Fsp3) is 0.357. The Kier molecular flexibility index (Phi) is 3.58. The molecule has 3 heterocycles. The van der Waals surface area contributed by atoms with Gasteiger partial charge in [0.05, 0.1) is 6.04 Å². The molecule has 22 heavy (non-hydrogen) atoms. The van der Waals surface area contributed by atoms with Crippen molar-refractivity contribution in [1.82, 2.24) is 34.7 Å². The van der Waals surface area contributed by atoms with E-state index in [1.807, 2.05) is 13.8 Å². The van der Waals surface area contributed by atoms with Crippen molar-refractivity contribution in [1.29, 1.82) is 0 Å². The zero-order chi connectivity index (χ0) is 15.7. The van der Waals surface area contributed by atoms with E-state index >= 15 is 0 Å². The molecule has 0 bridgehead atoms. The highest BCUT2D eigenvalue weighted by Crippen LogP contribution is 2.19. The summed E-state index contributed by atoms with van der Waals surface area (Å²) in [5.41, 5.74) is 0.957. The van der Waals surface area contributed by atoms with E-state index in [1.165, 1.54) is 6.33 Å². The van der Waals surface area contributed by atoms with Crippen LogP contribution in [0.1, 0.15) is 36.2 Å². The Labute approximate surface area is 127 Å². The minimum Gasteiger partial charge on any atom is -0.340 e. The molecule has 1 atom stereocenters. The number of carbonyl (C=O) groups is 1. The molecule has 0 saturated heterocycles. The lowest BCUT2D eigenvalue weighted by atomic mass is 10.0. The summed E-state index contributed by atoms with van der Waals surface area (Å²) in [6.45, 7) is 4.04. The molecule has 114 valence electrons. The highest BCUT2D eigenvalue weighted by molar-refractivity contribution is 5.93. The van der Waals surface area contributed by atoms with Crippen molar-refractivity contribution in [3.8, 4) is 0 Å². The van der Waals surface area contributed by atoms with Crippen LogP contribution in [0.4, 0.5) is 0 Å². The second kappa shape index (κ2) is 5.55. The van der Waals surface area contributed by atoms with Crippen molar-refractivity contribution in [2.24, 2.45) is 13.0 Å². The third kappa shape index (κ3) is 2.54. The molecule has 1 amide bonds. The Morgan fingerprint density at radius 2 is 2.14 bits per heavy atom. The third-order valence-electron chi connectivity index (χ3n) is 3.45. The third-order valence-corrected chi connectivity index (χ3v) is 3.45. The highest BCUT2D eigenvalue weighted by Gasteiger charge is 2.24. The maximum Gasteiger partial charge on any atom is 0.272 e. The van der Waals surface area contributed by atoms with Crippen molar-refractivity contribution in [3.63, 3.8) is 0 Å². The number of rotatable bonds is 4. The second-order valence-corrected chi connectivity index (χ2v) is 5.39. The number of carbonyl (C=O) groups excluding carboxylic acids is 1. The van der Waals surface area contributed by atoms with E-state index in [0.29, 0.717) is 17.2 Å². The van der Waals surface area contributed by atoms with Crippen molar-refractivity contribution >= 4 is 11.6 Å². The first-order chi connectivity index (χ1) is 10.6. The summed E-state index contributed by atoms with van der Waals surface area (Å²) in [5, 5.41) is 11.3. The molecule has 0 unspecified atom stereocenters. The zero-order valence-electron chi connectivity index (χ0n) is 12.6. The highest BCUT2D eigenvalue weighted by atomic mass is 16.2. The van der Waals surface area contributed by atoms with Gasteiger partial charge in [-0.2, -0.15) is 10.2 Å². The van der Waals surface area contributed by atoms with E-state index < -0.39 is 0 Å². The predicted octanol–water partition coefficient (Wildman–Crippen LogP) is 0.985. The molecule has 0 radical (unpaired) electrons. The van der Waals surface area contributed by atoms with Gasteiger partial charge in [0, 0.05) is 25.5 Å². The van der Waals surface area contributed by atoms with Crippen LogP contribution in [0.25, 0.3) is 5.65 Å². The number of hydrogen-bond donors (Lipinski definition) is 1. The lowest BCUT2D eigenvalue weighted by Crippen LogP contribution is -2.33. The fourth-order valence-corrected chi connectivity index (χ4v) is 2.27. The summed E-state index contributed by atoms with van der Waals surface area (Å²) in [7, 11) is 1.80. The van der Waals surface area contributed by atoms with Crippen LogP contribution < -0.4 is 5.32 Å². The number of aryl methyl sites for hydroxylation is 1. The van der Waals surface area contributed by atoms with Crippen LogP contribution in [0, 0.1) is 5.92 Å². The summed E-state index contributed by atoms with van der Waals surface area (Å²) in [6, 6.07) is 3.18. The number of nitrogens with one attached hydrogen (secondary N) is 1. The van der Waals surface area contributed by atoms with Crippen LogP contribution in [0.5, 0.6) is 0 Å². The number of amides is 1. The Morgan fingerprint density at radius 3 is 2.77 bits per heavy atom. The quantitative estimate of drug-likeness (QED) is 0.775. The van der Waals surface area contributed by atoms with Gasteiger partial charge in [-0.25, -0.2) is 14.5 Å². The maximum atomic E-state index is 12.5. The molecule has 0 aliphatic heterocycles. The molecule has 3 aromatic heterocycles. The summed E-state index contributed by atoms with van der Waals surface area (Å²) >= 11 is 0. The largest absolute Gasteiger partial charge is 0.340 e. The Hall–Kier alpha value is -2.77. The smallest absolute Gasteiger partial charge is 0.272 e. The van der Waals surface area contributed by atoms with E-state index in [-0.39, 0.29) is 17.9 Å².